The van der Waals surface area contributed by atoms with Crippen molar-refractivity contribution in [1.29, 1.82) is 0 Å². The maximum Gasteiger partial charge on any atom is 0.234 e. The highest BCUT2D eigenvalue weighted by Gasteiger charge is 2.01. The van der Waals surface area contributed by atoms with Crippen LogP contribution in [0.25, 0.3) is 0 Å². The zero-order valence-corrected chi connectivity index (χ0v) is 7.40. The molecule has 1 amide bonds. The van der Waals surface area contributed by atoms with E-state index in [1.165, 1.54) is 0 Å². The van der Waals surface area contributed by atoms with Crippen LogP contribution < -0.4 is 5.32 Å². The zero-order valence-electron chi connectivity index (χ0n) is 6.64. The molecule has 0 spiro atoms. The molecule has 66 valence electrons. The van der Waals surface area contributed by atoms with E-state index in [1.54, 1.807) is 0 Å². The Bertz CT molecular complexity index is 119. The van der Waals surface area contributed by atoms with Crippen molar-refractivity contribution in [3.8, 4) is 0 Å². The Morgan fingerprint density at radius 1 is 1.73 bits per heavy atom. The molecule has 0 aliphatic rings. The molecule has 3 nitrogen and oxygen atoms in total. The minimum atomic E-state index is -0.314. The van der Waals surface area contributed by atoms with Crippen LogP contribution in [0.2, 0.25) is 0 Å². The quantitative estimate of drug-likeness (QED) is 0.604. The van der Waals surface area contributed by atoms with Gasteiger partial charge in [0.05, 0.1) is 6.10 Å². The summed E-state index contributed by atoms with van der Waals surface area (Å²) in [5, 5.41) is 11.6. The van der Waals surface area contributed by atoms with Crippen LogP contribution >= 0.6 is 11.6 Å². The van der Waals surface area contributed by atoms with Crippen molar-refractivity contribution >= 4 is 17.5 Å². The van der Waals surface area contributed by atoms with E-state index in [2.05, 4.69) is 5.32 Å². The Labute approximate surface area is 71.7 Å². The van der Waals surface area contributed by atoms with Crippen molar-refractivity contribution in [2.24, 2.45) is 0 Å². The van der Waals surface area contributed by atoms with Crippen LogP contribution in [0.15, 0.2) is 0 Å². The summed E-state index contributed by atoms with van der Waals surface area (Å²) in [6, 6.07) is 0. The molecule has 11 heavy (non-hydrogen) atoms. The third kappa shape index (κ3) is 6.13. The first-order valence-electron chi connectivity index (χ1n) is 3.71. The molecular weight excluding hydrogens is 166 g/mol. The lowest BCUT2D eigenvalue weighted by molar-refractivity contribution is -0.118. The van der Waals surface area contributed by atoms with E-state index in [9.17, 15) is 4.79 Å². The lowest BCUT2D eigenvalue weighted by Crippen LogP contribution is -2.27. The molecular formula is C7H14ClNO2. The predicted molar refractivity (Wildman–Crippen MR) is 44.6 cm³/mol. The molecule has 0 aromatic rings. The summed E-state index contributed by atoms with van der Waals surface area (Å²) in [4.78, 5) is 10.6. The van der Waals surface area contributed by atoms with E-state index in [1.807, 2.05) is 6.92 Å². The maximum atomic E-state index is 10.6. The highest BCUT2D eigenvalue weighted by Crippen LogP contribution is 1.93. The minimum Gasteiger partial charge on any atom is -0.393 e. The van der Waals surface area contributed by atoms with E-state index in [4.69, 9.17) is 16.7 Å². The van der Waals surface area contributed by atoms with Gasteiger partial charge in [0.15, 0.2) is 0 Å². The molecule has 0 radical (unpaired) electrons. The number of hydrogen-bond acceptors (Lipinski definition) is 2. The second kappa shape index (κ2) is 6.43. The van der Waals surface area contributed by atoms with Gasteiger partial charge in [-0.25, -0.2) is 0 Å². The summed E-state index contributed by atoms with van der Waals surface area (Å²) >= 11 is 5.23. The Hall–Kier alpha value is -0.280. The first kappa shape index (κ1) is 10.7. The van der Waals surface area contributed by atoms with Crippen LogP contribution in [0.3, 0.4) is 0 Å². The topological polar surface area (TPSA) is 49.3 Å². The highest BCUT2D eigenvalue weighted by molar-refractivity contribution is 6.27. The van der Waals surface area contributed by atoms with Crippen LogP contribution in [-0.4, -0.2) is 29.5 Å². The van der Waals surface area contributed by atoms with Gasteiger partial charge < -0.3 is 10.4 Å². The Balaban J connectivity index is 3.20. The first-order valence-corrected chi connectivity index (χ1v) is 4.24. The standard InChI is InChI=1S/C7H14ClNO2/c1-2-6(10)3-4-9-7(11)5-8/h6,10H,2-5H2,1H3,(H,9,11). The molecule has 0 saturated carbocycles. The Morgan fingerprint density at radius 2 is 2.36 bits per heavy atom. The molecule has 1 atom stereocenters. The van der Waals surface area contributed by atoms with Gasteiger partial charge in [-0.05, 0) is 12.8 Å². The van der Waals surface area contributed by atoms with E-state index in [0.717, 1.165) is 6.42 Å². The average molecular weight is 180 g/mol. The monoisotopic (exact) mass is 179 g/mol. The summed E-state index contributed by atoms with van der Waals surface area (Å²) in [5.74, 6) is -0.197. The van der Waals surface area contributed by atoms with Crippen molar-refractivity contribution in [3.63, 3.8) is 0 Å². The van der Waals surface area contributed by atoms with Gasteiger partial charge in [-0.15, -0.1) is 11.6 Å². The van der Waals surface area contributed by atoms with Crippen molar-refractivity contribution in [1.82, 2.24) is 5.32 Å². The van der Waals surface area contributed by atoms with Gasteiger partial charge in [0.1, 0.15) is 5.88 Å². The van der Waals surface area contributed by atoms with Crippen molar-refractivity contribution in [2.75, 3.05) is 12.4 Å². The fraction of sp³-hybridized carbons (Fsp3) is 0.857. The minimum absolute atomic E-state index is 0.0117. The Morgan fingerprint density at radius 3 is 2.82 bits per heavy atom. The number of carbonyl (C=O) groups excluding carboxylic acids is 1. The number of aliphatic hydroxyl groups excluding tert-OH is 1. The fourth-order valence-electron chi connectivity index (χ4n) is 0.630. The normalized spacial score (nSPS) is 12.6. The highest BCUT2D eigenvalue weighted by atomic mass is 35.5. The third-order valence-corrected chi connectivity index (χ3v) is 1.64. The van der Waals surface area contributed by atoms with Crippen molar-refractivity contribution in [2.45, 2.75) is 25.9 Å². The molecule has 0 rings (SSSR count). The van der Waals surface area contributed by atoms with Gasteiger partial charge in [-0.1, -0.05) is 6.92 Å². The van der Waals surface area contributed by atoms with Crippen molar-refractivity contribution < 1.29 is 9.90 Å². The number of rotatable bonds is 5. The fourth-order valence-corrected chi connectivity index (χ4v) is 0.724. The van der Waals surface area contributed by atoms with Gasteiger partial charge >= 0.3 is 0 Å². The van der Waals surface area contributed by atoms with Gasteiger partial charge in [0.2, 0.25) is 5.91 Å². The largest absolute Gasteiger partial charge is 0.393 e. The Kier molecular flexibility index (Phi) is 6.27. The molecule has 0 fully saturated rings. The van der Waals surface area contributed by atoms with Gasteiger partial charge in [0, 0.05) is 6.54 Å². The number of amides is 1. The third-order valence-electron chi connectivity index (χ3n) is 1.39. The molecule has 0 aliphatic heterocycles. The lowest BCUT2D eigenvalue weighted by Gasteiger charge is -2.07. The predicted octanol–water partition coefficient (Wildman–Crippen LogP) is 0.502. The molecule has 0 aliphatic carbocycles. The maximum absolute atomic E-state index is 10.6. The molecule has 4 heteroatoms. The van der Waals surface area contributed by atoms with Gasteiger partial charge in [-0.2, -0.15) is 0 Å². The van der Waals surface area contributed by atoms with Crippen LogP contribution in [0, 0.1) is 0 Å². The molecule has 2 N–H and O–H groups in total. The first-order chi connectivity index (χ1) is 5.20. The van der Waals surface area contributed by atoms with Crippen molar-refractivity contribution in [3.05, 3.63) is 0 Å². The number of alkyl halides is 1. The molecule has 1 unspecified atom stereocenters. The summed E-state index contributed by atoms with van der Waals surface area (Å²) in [6.07, 6.45) is 1.00. The number of aliphatic hydroxyl groups is 1. The summed E-state index contributed by atoms with van der Waals surface area (Å²) in [6.45, 7) is 2.40. The number of nitrogens with one attached hydrogen (secondary N) is 1. The molecule has 0 aromatic heterocycles. The van der Waals surface area contributed by atoms with Gasteiger partial charge in [-0.3, -0.25) is 4.79 Å². The second-order valence-corrected chi connectivity index (χ2v) is 2.60. The summed E-state index contributed by atoms with van der Waals surface area (Å²) < 4.78 is 0. The van der Waals surface area contributed by atoms with E-state index < -0.39 is 0 Å². The molecule has 0 aromatic carbocycles. The van der Waals surface area contributed by atoms with Crippen LogP contribution in [0.1, 0.15) is 19.8 Å². The average Bonchev–Trinajstić information content (AvgIpc) is 2.04. The summed E-state index contributed by atoms with van der Waals surface area (Å²) in [7, 11) is 0. The molecule has 0 bridgehead atoms. The second-order valence-electron chi connectivity index (χ2n) is 2.33. The number of carbonyl (C=O) groups is 1. The molecule has 0 heterocycles. The van der Waals surface area contributed by atoms with Crippen LogP contribution in [-0.2, 0) is 4.79 Å². The lowest BCUT2D eigenvalue weighted by atomic mass is 10.2. The van der Waals surface area contributed by atoms with E-state index >= 15 is 0 Å². The smallest absolute Gasteiger partial charge is 0.234 e. The van der Waals surface area contributed by atoms with E-state index in [0.29, 0.717) is 13.0 Å². The number of hydrogen-bond donors (Lipinski definition) is 2. The molecule has 0 saturated heterocycles. The number of halogens is 1. The van der Waals surface area contributed by atoms with Gasteiger partial charge in [0.25, 0.3) is 0 Å². The zero-order chi connectivity index (χ0) is 8.69. The van der Waals surface area contributed by atoms with Crippen LogP contribution in [0.4, 0.5) is 0 Å². The summed E-state index contributed by atoms with van der Waals surface area (Å²) in [5.41, 5.74) is 0. The SMILES string of the molecule is CCC(O)CCNC(=O)CCl. The van der Waals surface area contributed by atoms with Crippen LogP contribution in [0.5, 0.6) is 0 Å². The van der Waals surface area contributed by atoms with E-state index in [-0.39, 0.29) is 17.9 Å².